The average molecular weight is 865 g/mol. The van der Waals surface area contributed by atoms with Crippen LogP contribution in [0.5, 0.6) is 0 Å². The molecule has 2 aliphatic rings. The minimum atomic E-state index is -0.781. The Balaban J connectivity index is 0.000000207. The van der Waals surface area contributed by atoms with E-state index < -0.39 is 17.5 Å². The number of nitrogens with one attached hydrogen (secondary N) is 2. The third-order valence-electron chi connectivity index (χ3n) is 12.8. The summed E-state index contributed by atoms with van der Waals surface area (Å²) in [6.07, 6.45) is 9.62. The Morgan fingerprint density at radius 1 is 1.06 bits per heavy atom. The lowest BCUT2D eigenvalue weighted by Crippen LogP contribution is -2.49. The minimum absolute atomic E-state index is 0.00239. The normalized spacial score (nSPS) is 14.7. The lowest BCUT2D eigenvalue weighted by molar-refractivity contribution is 0.0294. The van der Waals surface area contributed by atoms with Crippen LogP contribution in [0.2, 0.25) is 5.02 Å². The number of benzene rings is 4. The third kappa shape index (κ3) is 10.0. The summed E-state index contributed by atoms with van der Waals surface area (Å²) in [6, 6.07) is 20.8. The second kappa shape index (κ2) is 20.3. The number of hydrogen-bond acceptors (Lipinski definition) is 6. The van der Waals surface area contributed by atoms with Crippen molar-refractivity contribution < 1.29 is 13.6 Å². The van der Waals surface area contributed by atoms with E-state index in [9.17, 15) is 4.79 Å². The van der Waals surface area contributed by atoms with Crippen LogP contribution in [0, 0.1) is 23.0 Å². The largest absolute Gasteiger partial charge is 0.370 e. The van der Waals surface area contributed by atoms with Gasteiger partial charge in [0.25, 0.3) is 0 Å². The second-order valence-electron chi connectivity index (χ2n) is 17.6. The minimum Gasteiger partial charge on any atom is -0.370 e. The molecule has 1 aromatic heterocycles. The van der Waals surface area contributed by atoms with Gasteiger partial charge >= 0.3 is 0 Å². The third-order valence-corrected chi connectivity index (χ3v) is 13.1. The average Bonchev–Trinajstić information content (AvgIpc) is 3.58. The Morgan fingerprint density at radius 2 is 1.77 bits per heavy atom. The molecule has 2 heterocycles. The van der Waals surface area contributed by atoms with E-state index in [2.05, 4.69) is 77.6 Å². The van der Waals surface area contributed by atoms with Crippen molar-refractivity contribution >= 4 is 39.9 Å². The van der Waals surface area contributed by atoms with E-state index in [1.54, 1.807) is 12.3 Å². The first-order valence-corrected chi connectivity index (χ1v) is 22.4. The number of fused-ring (bicyclic) bond motifs is 1. The maximum absolute atomic E-state index is 15.7. The number of primary amides is 1. The highest BCUT2D eigenvalue weighted by Gasteiger charge is 2.45. The highest BCUT2D eigenvalue weighted by atomic mass is 35.5. The molecule has 1 saturated carbocycles. The van der Waals surface area contributed by atoms with E-state index in [-0.39, 0.29) is 27.6 Å². The van der Waals surface area contributed by atoms with Crippen molar-refractivity contribution in [3.05, 3.63) is 136 Å². The standard InChI is InChI=1S/C26H26ClF2NO.C25H38N6/c1-4-8-17-11-12-19(26(30)31)22(25(17)29)23-21(15(2)3)18(14-20(28)24(23)27)13-16-9-6-5-7-10-16;1-6-27-19(2)10-13-29(4)24-21-8-7-9-22(23(21)30(5)28-24)31-14-11-25(12-15-31)16-20(17-25)18-26-3/h5-7,9-12,14-15H,4,8,13H2,1-3H3,(H2,30,31);6-9,20,26-27H,1-2,10-18H2,3-5H3. The number of aromatic nitrogens is 2. The van der Waals surface area contributed by atoms with Crippen molar-refractivity contribution in [1.82, 2.24) is 20.4 Å². The van der Waals surface area contributed by atoms with Gasteiger partial charge in [-0.25, -0.2) is 8.78 Å². The van der Waals surface area contributed by atoms with Gasteiger partial charge in [0.1, 0.15) is 11.6 Å². The number of carbonyl (C=O) groups is 1. The molecular formula is C51H64ClF2N7O. The lowest BCUT2D eigenvalue weighted by atomic mass is 9.57. The van der Waals surface area contributed by atoms with Gasteiger partial charge in [-0.2, -0.15) is 5.10 Å². The smallest absolute Gasteiger partial charge is 0.249 e. The summed E-state index contributed by atoms with van der Waals surface area (Å²) in [5, 5.41) is 12.3. The highest BCUT2D eigenvalue weighted by molar-refractivity contribution is 6.34. The Bertz CT molecular complexity index is 2380. The van der Waals surface area contributed by atoms with E-state index in [1.165, 1.54) is 61.0 Å². The van der Waals surface area contributed by atoms with Gasteiger partial charge in [-0.15, -0.1) is 0 Å². The van der Waals surface area contributed by atoms with Crippen LogP contribution in [-0.2, 0) is 19.9 Å². The maximum atomic E-state index is 15.7. The second-order valence-corrected chi connectivity index (χ2v) is 18.0. The number of halogens is 3. The van der Waals surface area contributed by atoms with Gasteiger partial charge in [-0.05, 0) is 122 Å². The Hall–Kier alpha value is -5.19. The van der Waals surface area contributed by atoms with Crippen LogP contribution in [0.1, 0.15) is 97.8 Å². The zero-order chi connectivity index (χ0) is 44.7. The molecule has 0 bridgehead atoms. The molecule has 4 N–H and O–H groups in total. The van der Waals surface area contributed by atoms with Gasteiger partial charge in [0.05, 0.1) is 16.2 Å². The summed E-state index contributed by atoms with van der Waals surface area (Å²) in [6.45, 7) is 17.9. The zero-order valence-corrected chi connectivity index (χ0v) is 38.1. The molecule has 1 spiro atoms. The molecule has 5 aromatic rings. The van der Waals surface area contributed by atoms with Crippen LogP contribution in [0.25, 0.3) is 22.0 Å². The SMILES string of the molecule is C=CNC(=C)CCN(C)c1nn(C)c2c(N3CCC4(CC3)CC(CNC)C4)cccc12.CCCc1ccc(C(N)=O)c(-c2c(Cl)c(F)cc(Cc3ccccc3)c2C(C)C)c1F. The predicted octanol–water partition coefficient (Wildman–Crippen LogP) is 10.9. The van der Waals surface area contributed by atoms with Crippen molar-refractivity contribution in [2.24, 2.45) is 24.1 Å². The van der Waals surface area contributed by atoms with Gasteiger partial charge in [0, 0.05) is 67.9 Å². The number of aryl methyl sites for hydroxylation is 2. The first-order valence-electron chi connectivity index (χ1n) is 22.0. The van der Waals surface area contributed by atoms with Crippen molar-refractivity contribution in [2.45, 2.75) is 78.1 Å². The topological polar surface area (TPSA) is 91.5 Å². The summed E-state index contributed by atoms with van der Waals surface area (Å²) in [5.41, 5.74) is 12.8. The fourth-order valence-electron chi connectivity index (χ4n) is 9.78. The van der Waals surface area contributed by atoms with Gasteiger partial charge in [-0.3, -0.25) is 9.48 Å². The van der Waals surface area contributed by atoms with E-state index in [0.29, 0.717) is 34.9 Å². The lowest BCUT2D eigenvalue weighted by Gasteiger charge is -2.53. The van der Waals surface area contributed by atoms with Gasteiger partial charge in [0.2, 0.25) is 5.91 Å². The van der Waals surface area contributed by atoms with E-state index in [4.69, 9.17) is 22.4 Å². The van der Waals surface area contributed by atoms with Crippen LogP contribution < -0.4 is 26.2 Å². The number of anilines is 2. The molecule has 11 heteroatoms. The molecule has 1 amide bonds. The summed E-state index contributed by atoms with van der Waals surface area (Å²) < 4.78 is 32.8. The van der Waals surface area contributed by atoms with Gasteiger partial charge < -0.3 is 26.2 Å². The highest BCUT2D eigenvalue weighted by Crippen LogP contribution is 2.53. The molecule has 2 fully saturated rings. The number of piperidine rings is 1. The number of nitrogens with two attached hydrogens (primary N) is 1. The molecule has 1 aliphatic carbocycles. The molecule has 330 valence electrons. The number of hydrogen-bond donors (Lipinski definition) is 3. The molecule has 1 saturated heterocycles. The summed E-state index contributed by atoms with van der Waals surface area (Å²) in [7, 11) is 6.25. The van der Waals surface area contributed by atoms with Crippen LogP contribution in [0.3, 0.4) is 0 Å². The van der Waals surface area contributed by atoms with Crippen LogP contribution >= 0.6 is 11.6 Å². The van der Waals surface area contributed by atoms with Crippen molar-refractivity contribution in [3.63, 3.8) is 0 Å². The molecule has 0 atom stereocenters. The predicted molar refractivity (Wildman–Crippen MR) is 254 cm³/mol. The van der Waals surface area contributed by atoms with Crippen LogP contribution in [0.15, 0.2) is 91.8 Å². The van der Waals surface area contributed by atoms with Crippen molar-refractivity contribution in [1.29, 1.82) is 0 Å². The molecular weight excluding hydrogens is 800 g/mol. The fourth-order valence-corrected chi connectivity index (χ4v) is 10.0. The van der Waals surface area contributed by atoms with Crippen LogP contribution in [-0.4, -0.2) is 56.0 Å². The first kappa shape index (κ1) is 46.3. The molecule has 0 unspecified atom stereocenters. The van der Waals surface area contributed by atoms with Gasteiger partial charge in [0.15, 0.2) is 5.82 Å². The molecule has 8 nitrogen and oxygen atoms in total. The Morgan fingerprint density at radius 3 is 2.40 bits per heavy atom. The summed E-state index contributed by atoms with van der Waals surface area (Å²) >= 11 is 6.44. The number of rotatable bonds is 16. The number of para-hydroxylation sites is 1. The molecule has 7 rings (SSSR count). The van der Waals surface area contributed by atoms with E-state index in [0.717, 1.165) is 55.5 Å². The zero-order valence-electron chi connectivity index (χ0n) is 37.4. The molecule has 62 heavy (non-hydrogen) atoms. The number of nitrogens with zero attached hydrogens (tertiary/aromatic N) is 4. The van der Waals surface area contributed by atoms with Crippen LogP contribution in [0.4, 0.5) is 20.3 Å². The molecule has 0 radical (unpaired) electrons. The van der Waals surface area contributed by atoms with Crippen molar-refractivity contribution in [3.8, 4) is 11.1 Å². The fraction of sp³-hybridized carbons (Fsp3) is 0.412. The number of carbonyl (C=O) groups excluding carboxylic acids is 1. The van der Waals surface area contributed by atoms with Gasteiger partial charge in [-0.1, -0.05) is 94.4 Å². The summed E-state index contributed by atoms with van der Waals surface area (Å²) in [5.74, 6) is -0.180. The van der Waals surface area contributed by atoms with Crippen molar-refractivity contribution in [2.75, 3.05) is 50.1 Å². The van der Waals surface area contributed by atoms with E-state index in [1.807, 2.05) is 51.1 Å². The molecule has 1 aliphatic heterocycles. The quantitative estimate of drug-likeness (QED) is 0.0915. The summed E-state index contributed by atoms with van der Waals surface area (Å²) in [4.78, 5) is 17.0. The maximum Gasteiger partial charge on any atom is 0.249 e. The Kier molecular flexibility index (Phi) is 15.2. The number of amides is 1. The first-order chi connectivity index (χ1) is 29.7. The van der Waals surface area contributed by atoms with E-state index >= 15 is 8.78 Å². The molecule has 4 aromatic carbocycles. The Labute approximate surface area is 372 Å². The monoisotopic (exact) mass is 863 g/mol.